The molecule has 2 aliphatic rings. The van der Waals surface area contributed by atoms with E-state index in [4.69, 9.17) is 0 Å². The quantitative estimate of drug-likeness (QED) is 0.807. The van der Waals surface area contributed by atoms with E-state index in [1.807, 2.05) is 6.92 Å². The summed E-state index contributed by atoms with van der Waals surface area (Å²) in [7, 11) is -3.55. The van der Waals surface area contributed by atoms with E-state index in [0.717, 1.165) is 25.7 Å². The predicted octanol–water partition coefficient (Wildman–Crippen LogP) is 1.98. The first kappa shape index (κ1) is 13.8. The van der Waals surface area contributed by atoms with Crippen LogP contribution in [0.5, 0.6) is 0 Å². The predicted molar refractivity (Wildman–Crippen MR) is 78.0 cm³/mol. The van der Waals surface area contributed by atoms with Crippen LogP contribution in [0.1, 0.15) is 32.6 Å². The molecule has 0 atom stereocenters. The highest BCUT2D eigenvalue weighted by Crippen LogP contribution is 2.45. The van der Waals surface area contributed by atoms with Gasteiger partial charge in [-0.25, -0.2) is 18.1 Å². The van der Waals surface area contributed by atoms with Gasteiger partial charge in [0.1, 0.15) is 0 Å². The van der Waals surface area contributed by atoms with Crippen molar-refractivity contribution in [1.29, 1.82) is 0 Å². The standard InChI is InChI=1S/C14H21N3O2S/c1-2-15-12-4-3-9-16-14(12)20(18,19)17-13(10-5-6-10)11-7-8-11/h3-4,9-11,13,15,17H,2,5-8H2,1H3. The van der Waals surface area contributed by atoms with E-state index in [1.165, 1.54) is 6.20 Å². The largest absolute Gasteiger partial charge is 0.383 e. The maximum absolute atomic E-state index is 12.6. The lowest BCUT2D eigenvalue weighted by Crippen LogP contribution is -2.38. The Bertz CT molecular complexity index is 568. The van der Waals surface area contributed by atoms with Gasteiger partial charge >= 0.3 is 0 Å². The van der Waals surface area contributed by atoms with E-state index in [0.29, 0.717) is 24.1 Å². The topological polar surface area (TPSA) is 71.1 Å². The fraction of sp³-hybridized carbons (Fsp3) is 0.643. The van der Waals surface area contributed by atoms with Crippen LogP contribution in [0.3, 0.4) is 0 Å². The molecule has 0 unspecified atom stereocenters. The lowest BCUT2D eigenvalue weighted by atomic mass is 10.1. The van der Waals surface area contributed by atoms with Gasteiger partial charge in [0.25, 0.3) is 10.0 Å². The van der Waals surface area contributed by atoms with Crippen LogP contribution in [-0.2, 0) is 10.0 Å². The van der Waals surface area contributed by atoms with Crippen molar-refractivity contribution < 1.29 is 8.42 Å². The minimum Gasteiger partial charge on any atom is -0.383 e. The molecule has 0 aliphatic heterocycles. The highest BCUT2D eigenvalue weighted by Gasteiger charge is 2.43. The molecule has 0 amide bonds. The Morgan fingerprint density at radius 1 is 1.30 bits per heavy atom. The minimum atomic E-state index is -3.55. The molecule has 0 bridgehead atoms. The second kappa shape index (κ2) is 5.33. The number of anilines is 1. The number of nitrogens with one attached hydrogen (secondary N) is 2. The van der Waals surface area contributed by atoms with Gasteiger partial charge in [0.15, 0.2) is 5.03 Å². The van der Waals surface area contributed by atoms with Gasteiger partial charge in [0.05, 0.1) is 5.69 Å². The summed E-state index contributed by atoms with van der Waals surface area (Å²) in [5, 5.41) is 3.18. The average Bonchev–Trinajstić information content (AvgIpc) is 3.29. The van der Waals surface area contributed by atoms with Crippen LogP contribution in [0.15, 0.2) is 23.4 Å². The monoisotopic (exact) mass is 295 g/mol. The van der Waals surface area contributed by atoms with E-state index in [9.17, 15) is 8.42 Å². The number of nitrogens with zero attached hydrogens (tertiary/aromatic N) is 1. The van der Waals surface area contributed by atoms with E-state index in [2.05, 4.69) is 15.0 Å². The Morgan fingerprint density at radius 2 is 1.95 bits per heavy atom. The fourth-order valence-electron chi connectivity index (χ4n) is 2.65. The summed E-state index contributed by atoms with van der Waals surface area (Å²) < 4.78 is 28.1. The fourth-order valence-corrected chi connectivity index (χ4v) is 4.14. The molecule has 1 aromatic rings. The lowest BCUT2D eigenvalue weighted by molar-refractivity contribution is 0.470. The van der Waals surface area contributed by atoms with Crippen molar-refractivity contribution in [3.05, 3.63) is 18.3 Å². The number of pyridine rings is 1. The maximum atomic E-state index is 12.6. The summed E-state index contributed by atoms with van der Waals surface area (Å²) in [6.07, 6.45) is 6.11. The zero-order valence-electron chi connectivity index (χ0n) is 11.7. The lowest BCUT2D eigenvalue weighted by Gasteiger charge is -2.18. The van der Waals surface area contributed by atoms with Crippen LogP contribution in [0.4, 0.5) is 5.69 Å². The van der Waals surface area contributed by atoms with E-state index in [1.54, 1.807) is 12.1 Å². The molecule has 20 heavy (non-hydrogen) atoms. The highest BCUT2D eigenvalue weighted by atomic mass is 32.2. The van der Waals surface area contributed by atoms with Crippen LogP contribution in [-0.4, -0.2) is 26.0 Å². The van der Waals surface area contributed by atoms with Crippen LogP contribution >= 0.6 is 0 Å². The van der Waals surface area contributed by atoms with Gasteiger partial charge in [-0.05, 0) is 56.6 Å². The number of hydrogen-bond donors (Lipinski definition) is 2. The third kappa shape index (κ3) is 2.96. The SMILES string of the molecule is CCNc1cccnc1S(=O)(=O)NC(C1CC1)C1CC1. The third-order valence-corrected chi connectivity index (χ3v) is 5.36. The Hall–Kier alpha value is -1.14. The van der Waals surface area contributed by atoms with Gasteiger partial charge in [0.2, 0.25) is 0 Å². The van der Waals surface area contributed by atoms with E-state index in [-0.39, 0.29) is 11.1 Å². The molecule has 2 fully saturated rings. The van der Waals surface area contributed by atoms with Crippen molar-refractivity contribution in [1.82, 2.24) is 9.71 Å². The summed E-state index contributed by atoms with van der Waals surface area (Å²) in [6.45, 7) is 2.61. The van der Waals surface area contributed by atoms with Gasteiger partial charge in [-0.1, -0.05) is 0 Å². The summed E-state index contributed by atoms with van der Waals surface area (Å²) in [6, 6.07) is 3.61. The molecule has 0 spiro atoms. The molecule has 3 rings (SSSR count). The van der Waals surface area contributed by atoms with Crippen molar-refractivity contribution in [3.63, 3.8) is 0 Å². The number of hydrogen-bond acceptors (Lipinski definition) is 4. The van der Waals surface area contributed by atoms with Crippen molar-refractivity contribution in [2.75, 3.05) is 11.9 Å². The molecule has 2 aliphatic carbocycles. The Morgan fingerprint density at radius 3 is 2.50 bits per heavy atom. The van der Waals surface area contributed by atoms with Crippen LogP contribution < -0.4 is 10.0 Å². The second-order valence-electron chi connectivity index (χ2n) is 5.71. The summed E-state index contributed by atoms with van der Waals surface area (Å²) >= 11 is 0. The second-order valence-corrected chi connectivity index (χ2v) is 7.34. The van der Waals surface area contributed by atoms with E-state index < -0.39 is 10.0 Å². The zero-order chi connectivity index (χ0) is 14.2. The molecule has 0 saturated heterocycles. The molecule has 110 valence electrons. The van der Waals surface area contributed by atoms with Gasteiger partial charge < -0.3 is 5.32 Å². The zero-order valence-corrected chi connectivity index (χ0v) is 12.5. The van der Waals surface area contributed by atoms with Crippen molar-refractivity contribution in [3.8, 4) is 0 Å². The molecule has 1 heterocycles. The normalized spacial score (nSPS) is 19.3. The maximum Gasteiger partial charge on any atom is 0.260 e. The molecule has 2 saturated carbocycles. The third-order valence-electron chi connectivity index (χ3n) is 3.94. The van der Waals surface area contributed by atoms with Gasteiger partial charge in [0, 0.05) is 18.8 Å². The van der Waals surface area contributed by atoms with Crippen molar-refractivity contribution in [2.24, 2.45) is 11.8 Å². The average molecular weight is 295 g/mol. The smallest absolute Gasteiger partial charge is 0.260 e. The first-order valence-electron chi connectivity index (χ1n) is 7.33. The molecule has 0 aromatic carbocycles. The summed E-state index contributed by atoms with van der Waals surface area (Å²) in [5.41, 5.74) is 0.577. The molecule has 2 N–H and O–H groups in total. The van der Waals surface area contributed by atoms with Crippen LogP contribution in [0, 0.1) is 11.8 Å². The molecule has 6 heteroatoms. The summed E-state index contributed by atoms with van der Waals surface area (Å²) in [5.74, 6) is 1.06. The van der Waals surface area contributed by atoms with Crippen LogP contribution in [0.25, 0.3) is 0 Å². The Kier molecular flexibility index (Phi) is 3.69. The minimum absolute atomic E-state index is 0.108. The molecular weight excluding hydrogens is 274 g/mol. The van der Waals surface area contributed by atoms with Crippen LogP contribution in [0.2, 0.25) is 0 Å². The Labute approximate surface area is 120 Å². The number of sulfonamides is 1. The molecule has 0 radical (unpaired) electrons. The van der Waals surface area contributed by atoms with Crippen molar-refractivity contribution >= 4 is 15.7 Å². The summed E-state index contributed by atoms with van der Waals surface area (Å²) in [4.78, 5) is 4.07. The Balaban J connectivity index is 1.83. The van der Waals surface area contributed by atoms with E-state index >= 15 is 0 Å². The van der Waals surface area contributed by atoms with Gasteiger partial charge in [-0.2, -0.15) is 0 Å². The number of rotatable bonds is 7. The van der Waals surface area contributed by atoms with Gasteiger partial charge in [-0.3, -0.25) is 0 Å². The van der Waals surface area contributed by atoms with Gasteiger partial charge in [-0.15, -0.1) is 0 Å². The molecule has 1 aromatic heterocycles. The highest BCUT2D eigenvalue weighted by molar-refractivity contribution is 7.89. The van der Waals surface area contributed by atoms with Crippen molar-refractivity contribution in [2.45, 2.75) is 43.7 Å². The molecule has 5 nitrogen and oxygen atoms in total. The number of aromatic nitrogens is 1. The first-order valence-corrected chi connectivity index (χ1v) is 8.81. The first-order chi connectivity index (χ1) is 9.62. The molecular formula is C14H21N3O2S.